The van der Waals surface area contributed by atoms with Crippen LogP contribution < -0.4 is 16.6 Å². The van der Waals surface area contributed by atoms with E-state index in [-0.39, 0.29) is 11.5 Å². The van der Waals surface area contributed by atoms with Gasteiger partial charge in [-0.15, -0.1) is 0 Å². The third-order valence-corrected chi connectivity index (χ3v) is 2.01. The van der Waals surface area contributed by atoms with E-state index in [9.17, 15) is 4.79 Å². The van der Waals surface area contributed by atoms with Gasteiger partial charge < -0.3 is 16.0 Å². The summed E-state index contributed by atoms with van der Waals surface area (Å²) in [5.74, 6) is 1.49. The van der Waals surface area contributed by atoms with Crippen LogP contribution in [0.15, 0.2) is 23.0 Å². The third-order valence-electron chi connectivity index (χ3n) is 2.01. The molecule has 0 aliphatic rings. The van der Waals surface area contributed by atoms with E-state index >= 15 is 0 Å². The predicted octanol–water partition coefficient (Wildman–Crippen LogP) is 0.820. The van der Waals surface area contributed by atoms with Crippen molar-refractivity contribution < 1.29 is 0 Å². The molecule has 5 nitrogen and oxygen atoms in total. The molecule has 0 fully saturated rings. The number of aromatic amines is 1. The number of hydrogen-bond donors (Lipinski definition) is 3. The Kier molecular flexibility index (Phi) is 4.72. The molecule has 16 heavy (non-hydrogen) atoms. The van der Waals surface area contributed by atoms with Crippen molar-refractivity contribution in [2.75, 3.05) is 18.4 Å². The van der Waals surface area contributed by atoms with Crippen LogP contribution in [-0.4, -0.2) is 23.1 Å². The first kappa shape index (κ1) is 12.4. The molecule has 4 N–H and O–H groups in total. The van der Waals surface area contributed by atoms with Gasteiger partial charge in [-0.25, -0.2) is 4.98 Å². The molecule has 0 radical (unpaired) electrons. The van der Waals surface area contributed by atoms with E-state index in [0.717, 1.165) is 0 Å². The van der Waals surface area contributed by atoms with Crippen LogP contribution in [0, 0.1) is 0 Å². The maximum Gasteiger partial charge on any atom is 0.252 e. The average Bonchev–Trinajstić information content (AvgIpc) is 2.23. The lowest BCUT2D eigenvalue weighted by atomic mass is 10.2. The highest BCUT2D eigenvalue weighted by Gasteiger charge is 2.03. The van der Waals surface area contributed by atoms with E-state index in [1.807, 2.05) is 26.0 Å². The molecule has 1 rings (SSSR count). The summed E-state index contributed by atoms with van der Waals surface area (Å²) in [4.78, 5) is 18.3. The molecule has 0 unspecified atom stereocenters. The van der Waals surface area contributed by atoms with Gasteiger partial charge in [0.05, 0.1) is 0 Å². The molecule has 0 saturated heterocycles. The van der Waals surface area contributed by atoms with Gasteiger partial charge in [-0.2, -0.15) is 0 Å². The second kappa shape index (κ2) is 6.07. The first-order valence-electron chi connectivity index (χ1n) is 5.33. The summed E-state index contributed by atoms with van der Waals surface area (Å²) in [5, 5.41) is 3.04. The molecule has 0 spiro atoms. The molecule has 1 aromatic heterocycles. The van der Waals surface area contributed by atoms with Crippen LogP contribution in [0.2, 0.25) is 0 Å². The molecule has 0 bridgehead atoms. The Balaban J connectivity index is 2.73. The minimum atomic E-state index is -0.135. The topological polar surface area (TPSA) is 83.8 Å². The zero-order valence-corrected chi connectivity index (χ0v) is 9.66. The predicted molar refractivity (Wildman–Crippen MR) is 65.6 cm³/mol. The zero-order chi connectivity index (χ0) is 12.0. The minimum Gasteiger partial charge on any atom is -0.366 e. The van der Waals surface area contributed by atoms with Gasteiger partial charge in [0, 0.05) is 25.1 Å². The summed E-state index contributed by atoms with van der Waals surface area (Å²) in [7, 11) is 0. The van der Waals surface area contributed by atoms with Crippen LogP contribution in [0.3, 0.4) is 0 Å². The van der Waals surface area contributed by atoms with Crippen molar-refractivity contribution >= 4 is 5.82 Å². The minimum absolute atomic E-state index is 0.135. The molecular weight excluding hydrogens is 204 g/mol. The van der Waals surface area contributed by atoms with Crippen molar-refractivity contribution in [2.24, 2.45) is 5.73 Å². The number of H-pyrrole nitrogens is 1. The van der Waals surface area contributed by atoms with Gasteiger partial charge in [0.1, 0.15) is 11.6 Å². The zero-order valence-electron chi connectivity index (χ0n) is 9.66. The molecule has 0 amide bonds. The summed E-state index contributed by atoms with van der Waals surface area (Å²) in [5.41, 5.74) is 5.18. The van der Waals surface area contributed by atoms with Crippen molar-refractivity contribution in [2.45, 2.75) is 19.8 Å². The highest BCUT2D eigenvalue weighted by Crippen LogP contribution is 2.08. The second-order valence-corrected chi connectivity index (χ2v) is 3.76. The van der Waals surface area contributed by atoms with Gasteiger partial charge in [-0.05, 0) is 0 Å². The van der Waals surface area contributed by atoms with Crippen molar-refractivity contribution in [3.05, 3.63) is 34.4 Å². The summed E-state index contributed by atoms with van der Waals surface area (Å²) < 4.78 is 0. The fourth-order valence-corrected chi connectivity index (χ4v) is 1.18. The third kappa shape index (κ3) is 3.86. The Bertz CT molecular complexity index is 409. The van der Waals surface area contributed by atoms with Gasteiger partial charge in [-0.3, -0.25) is 4.79 Å². The number of nitrogens with one attached hydrogen (secondary N) is 2. The van der Waals surface area contributed by atoms with Crippen LogP contribution in [0.4, 0.5) is 5.82 Å². The fourth-order valence-electron chi connectivity index (χ4n) is 1.18. The molecule has 5 heteroatoms. The first-order chi connectivity index (χ1) is 7.63. The molecule has 0 aromatic carbocycles. The lowest BCUT2D eigenvalue weighted by Crippen LogP contribution is -2.14. The molecule has 0 atom stereocenters. The summed E-state index contributed by atoms with van der Waals surface area (Å²) in [6, 6.07) is 1.45. The number of rotatable bonds is 5. The highest BCUT2D eigenvalue weighted by atomic mass is 16.1. The van der Waals surface area contributed by atoms with Gasteiger partial charge in [0.25, 0.3) is 5.56 Å². The Morgan fingerprint density at radius 3 is 2.94 bits per heavy atom. The smallest absolute Gasteiger partial charge is 0.252 e. The van der Waals surface area contributed by atoms with Gasteiger partial charge in [0.15, 0.2) is 0 Å². The van der Waals surface area contributed by atoms with Crippen LogP contribution in [0.25, 0.3) is 0 Å². The molecule has 0 aliphatic carbocycles. The molecule has 88 valence electrons. The summed E-state index contributed by atoms with van der Waals surface area (Å²) in [6.07, 6.45) is 3.75. The average molecular weight is 222 g/mol. The van der Waals surface area contributed by atoms with Crippen LogP contribution in [0.5, 0.6) is 0 Å². The van der Waals surface area contributed by atoms with E-state index in [4.69, 9.17) is 5.73 Å². The lowest BCUT2D eigenvalue weighted by Gasteiger charge is -2.07. The normalized spacial score (nSPS) is 11.2. The van der Waals surface area contributed by atoms with Gasteiger partial charge >= 0.3 is 0 Å². The largest absolute Gasteiger partial charge is 0.366 e. The molecule has 1 aromatic rings. The molecule has 0 saturated carbocycles. The fraction of sp³-hybridized carbons (Fsp3) is 0.455. The van der Waals surface area contributed by atoms with Crippen molar-refractivity contribution in [3.8, 4) is 0 Å². The summed E-state index contributed by atoms with van der Waals surface area (Å²) in [6.45, 7) is 5.10. The number of nitrogens with zero attached hydrogens (tertiary/aromatic N) is 1. The quantitative estimate of drug-likeness (QED) is 0.644. The SMILES string of the molecule is CC(C)c1nc(NC/C=C/CN)cc(=O)[nH]1. The van der Waals surface area contributed by atoms with E-state index in [2.05, 4.69) is 15.3 Å². The standard InChI is InChI=1S/C11H18N4O/c1-8(2)11-14-9(7-10(16)15-11)13-6-4-3-5-12/h3-4,7-8H,5-6,12H2,1-2H3,(H2,13,14,15,16)/b4-3+. The Labute approximate surface area is 94.8 Å². The van der Waals surface area contributed by atoms with Crippen molar-refractivity contribution in [1.29, 1.82) is 0 Å². The lowest BCUT2D eigenvalue weighted by molar-refractivity contribution is 0.767. The van der Waals surface area contributed by atoms with Crippen molar-refractivity contribution in [3.63, 3.8) is 0 Å². The van der Waals surface area contributed by atoms with E-state index in [1.165, 1.54) is 6.07 Å². The van der Waals surface area contributed by atoms with Gasteiger partial charge in [-0.1, -0.05) is 26.0 Å². The van der Waals surface area contributed by atoms with Crippen molar-refractivity contribution in [1.82, 2.24) is 9.97 Å². The number of aromatic nitrogens is 2. The van der Waals surface area contributed by atoms with Crippen LogP contribution in [-0.2, 0) is 0 Å². The van der Waals surface area contributed by atoms with E-state index in [1.54, 1.807) is 0 Å². The van der Waals surface area contributed by atoms with E-state index in [0.29, 0.717) is 24.7 Å². The summed E-state index contributed by atoms with van der Waals surface area (Å²) >= 11 is 0. The maximum atomic E-state index is 11.3. The molecular formula is C11H18N4O. The number of nitrogens with two attached hydrogens (primary N) is 1. The Hall–Kier alpha value is -1.62. The highest BCUT2D eigenvalue weighted by molar-refractivity contribution is 5.34. The maximum absolute atomic E-state index is 11.3. The Morgan fingerprint density at radius 2 is 2.31 bits per heavy atom. The van der Waals surface area contributed by atoms with Crippen LogP contribution >= 0.6 is 0 Å². The van der Waals surface area contributed by atoms with Gasteiger partial charge in [0.2, 0.25) is 0 Å². The Morgan fingerprint density at radius 1 is 1.56 bits per heavy atom. The first-order valence-corrected chi connectivity index (χ1v) is 5.33. The van der Waals surface area contributed by atoms with E-state index < -0.39 is 0 Å². The number of anilines is 1. The van der Waals surface area contributed by atoms with Crippen LogP contribution in [0.1, 0.15) is 25.6 Å². The molecule has 1 heterocycles. The molecule has 0 aliphatic heterocycles. The number of hydrogen-bond acceptors (Lipinski definition) is 4. The monoisotopic (exact) mass is 222 g/mol. The second-order valence-electron chi connectivity index (χ2n) is 3.76.